The van der Waals surface area contributed by atoms with Crippen molar-refractivity contribution in [2.24, 2.45) is 0 Å². The van der Waals surface area contributed by atoms with Crippen LogP contribution in [0.25, 0.3) is 0 Å². The Kier molecular flexibility index (Phi) is 7.52. The SMILES string of the molecule is Cc1ccc(S(=O)(=O)NCc2ccccc2)cc1C(=O)NCC(=O)Nc1ccc(F)c(F)c1. The highest BCUT2D eigenvalue weighted by Crippen LogP contribution is 2.17. The van der Waals surface area contributed by atoms with Crippen LogP contribution in [-0.2, 0) is 21.4 Å². The summed E-state index contributed by atoms with van der Waals surface area (Å²) < 4.78 is 54.0. The summed E-state index contributed by atoms with van der Waals surface area (Å²) in [5, 5.41) is 4.72. The third-order valence-corrected chi connectivity index (χ3v) is 6.08. The summed E-state index contributed by atoms with van der Waals surface area (Å²) in [4.78, 5) is 24.5. The number of nitrogens with one attached hydrogen (secondary N) is 3. The van der Waals surface area contributed by atoms with E-state index in [-0.39, 0.29) is 22.7 Å². The fraction of sp³-hybridized carbons (Fsp3) is 0.130. The van der Waals surface area contributed by atoms with Crippen LogP contribution >= 0.6 is 0 Å². The minimum Gasteiger partial charge on any atom is -0.343 e. The van der Waals surface area contributed by atoms with Crippen LogP contribution in [0.4, 0.5) is 14.5 Å². The lowest BCUT2D eigenvalue weighted by Crippen LogP contribution is -2.33. The molecule has 3 rings (SSSR count). The normalized spacial score (nSPS) is 11.1. The highest BCUT2D eigenvalue weighted by Gasteiger charge is 2.18. The van der Waals surface area contributed by atoms with Crippen molar-refractivity contribution in [2.45, 2.75) is 18.4 Å². The highest BCUT2D eigenvalue weighted by atomic mass is 32.2. The number of halogens is 2. The van der Waals surface area contributed by atoms with Gasteiger partial charge in [-0.15, -0.1) is 0 Å². The quantitative estimate of drug-likeness (QED) is 0.468. The Bertz CT molecular complexity index is 1280. The van der Waals surface area contributed by atoms with Crippen molar-refractivity contribution in [3.8, 4) is 0 Å². The van der Waals surface area contributed by atoms with E-state index >= 15 is 0 Å². The molecule has 3 N–H and O–H groups in total. The van der Waals surface area contributed by atoms with E-state index in [0.717, 1.165) is 17.7 Å². The molecule has 0 heterocycles. The summed E-state index contributed by atoms with van der Waals surface area (Å²) in [6.07, 6.45) is 0. The molecule has 2 amide bonds. The van der Waals surface area contributed by atoms with Gasteiger partial charge in [0.15, 0.2) is 11.6 Å². The lowest BCUT2D eigenvalue weighted by Gasteiger charge is -2.12. The molecule has 0 saturated heterocycles. The molecule has 0 fully saturated rings. The Hall–Kier alpha value is -3.63. The van der Waals surface area contributed by atoms with Crippen molar-refractivity contribution < 1.29 is 26.8 Å². The summed E-state index contributed by atoms with van der Waals surface area (Å²) in [7, 11) is -3.89. The predicted octanol–water partition coefficient (Wildman–Crippen LogP) is 3.12. The van der Waals surface area contributed by atoms with Gasteiger partial charge >= 0.3 is 0 Å². The Balaban J connectivity index is 1.64. The number of hydrogen-bond donors (Lipinski definition) is 3. The maximum absolute atomic E-state index is 13.2. The van der Waals surface area contributed by atoms with Crippen LogP contribution in [0.1, 0.15) is 21.5 Å². The zero-order valence-corrected chi connectivity index (χ0v) is 18.4. The molecule has 7 nitrogen and oxygen atoms in total. The molecule has 0 atom stereocenters. The summed E-state index contributed by atoms with van der Waals surface area (Å²) in [6.45, 7) is 1.26. The number of aryl methyl sites for hydroxylation is 1. The molecule has 0 aliphatic carbocycles. The number of benzene rings is 3. The molecule has 0 unspecified atom stereocenters. The average molecular weight is 474 g/mol. The van der Waals surface area contributed by atoms with Crippen molar-refractivity contribution >= 4 is 27.5 Å². The molecular weight excluding hydrogens is 452 g/mol. The Labute approximate surface area is 189 Å². The summed E-state index contributed by atoms with van der Waals surface area (Å²) in [5.74, 6) is -3.50. The van der Waals surface area contributed by atoms with Crippen molar-refractivity contribution in [2.75, 3.05) is 11.9 Å². The van der Waals surface area contributed by atoms with Crippen LogP contribution < -0.4 is 15.4 Å². The first-order valence-corrected chi connectivity index (χ1v) is 11.3. The molecule has 0 aliphatic rings. The van der Waals surface area contributed by atoms with Gasteiger partial charge in [0.1, 0.15) is 0 Å². The minimum atomic E-state index is -3.89. The third kappa shape index (κ3) is 6.43. The van der Waals surface area contributed by atoms with E-state index in [9.17, 15) is 26.8 Å². The molecule has 0 aliphatic heterocycles. The van der Waals surface area contributed by atoms with E-state index in [2.05, 4.69) is 15.4 Å². The molecule has 172 valence electrons. The first-order valence-electron chi connectivity index (χ1n) is 9.83. The van der Waals surface area contributed by atoms with Crippen LogP contribution in [0.2, 0.25) is 0 Å². The first-order chi connectivity index (χ1) is 15.7. The molecule has 0 spiro atoms. The topological polar surface area (TPSA) is 104 Å². The maximum atomic E-state index is 13.2. The second-order valence-corrected chi connectivity index (χ2v) is 8.91. The van der Waals surface area contributed by atoms with Gasteiger partial charge in [-0.05, 0) is 42.3 Å². The Morgan fingerprint density at radius 2 is 1.64 bits per heavy atom. The molecular formula is C23H21F2N3O4S. The lowest BCUT2D eigenvalue weighted by atomic mass is 10.1. The van der Waals surface area contributed by atoms with Gasteiger partial charge in [0.2, 0.25) is 15.9 Å². The van der Waals surface area contributed by atoms with Crippen molar-refractivity contribution in [1.82, 2.24) is 10.0 Å². The van der Waals surface area contributed by atoms with E-state index in [1.807, 2.05) is 6.07 Å². The molecule has 0 bridgehead atoms. The third-order valence-electron chi connectivity index (χ3n) is 4.69. The van der Waals surface area contributed by atoms with E-state index in [1.54, 1.807) is 31.2 Å². The van der Waals surface area contributed by atoms with Gasteiger partial charge in [-0.3, -0.25) is 9.59 Å². The number of hydrogen-bond acceptors (Lipinski definition) is 4. The van der Waals surface area contributed by atoms with Gasteiger partial charge in [-0.1, -0.05) is 36.4 Å². The number of carbonyl (C=O) groups is 2. The van der Waals surface area contributed by atoms with Crippen LogP contribution in [-0.4, -0.2) is 26.8 Å². The maximum Gasteiger partial charge on any atom is 0.252 e. The molecule has 10 heteroatoms. The second kappa shape index (κ2) is 10.3. The van der Waals surface area contributed by atoms with Crippen LogP contribution in [0.15, 0.2) is 71.6 Å². The van der Waals surface area contributed by atoms with Crippen LogP contribution in [0.5, 0.6) is 0 Å². The number of rotatable bonds is 8. The minimum absolute atomic E-state index is 0.0295. The molecule has 0 saturated carbocycles. The van der Waals surface area contributed by atoms with E-state index in [4.69, 9.17) is 0 Å². The van der Waals surface area contributed by atoms with Crippen LogP contribution in [0, 0.1) is 18.6 Å². The van der Waals surface area contributed by atoms with E-state index in [1.165, 1.54) is 24.3 Å². The highest BCUT2D eigenvalue weighted by molar-refractivity contribution is 7.89. The fourth-order valence-corrected chi connectivity index (χ4v) is 3.95. The summed E-state index contributed by atoms with van der Waals surface area (Å²) in [6, 6.07) is 15.9. The van der Waals surface area contributed by atoms with E-state index in [0.29, 0.717) is 5.56 Å². The first kappa shape index (κ1) is 24.0. The van der Waals surface area contributed by atoms with Gasteiger partial charge in [0, 0.05) is 23.9 Å². The molecule has 3 aromatic rings. The Morgan fingerprint density at radius 1 is 0.909 bits per heavy atom. The standard InChI is InChI=1S/C23H21F2N3O4S/c1-15-7-9-18(33(31,32)27-13-16-5-3-2-4-6-16)12-19(15)23(30)26-14-22(29)28-17-8-10-20(24)21(25)11-17/h2-12,27H,13-14H2,1H3,(H,26,30)(H,28,29). The number of anilines is 1. The number of carbonyl (C=O) groups excluding carboxylic acids is 2. The second-order valence-electron chi connectivity index (χ2n) is 7.15. The van der Waals surface area contributed by atoms with Gasteiger partial charge in [0.05, 0.1) is 11.4 Å². The molecule has 33 heavy (non-hydrogen) atoms. The van der Waals surface area contributed by atoms with Crippen molar-refractivity contribution in [1.29, 1.82) is 0 Å². The van der Waals surface area contributed by atoms with Crippen molar-refractivity contribution in [3.05, 3.63) is 95.1 Å². The average Bonchev–Trinajstić information content (AvgIpc) is 2.79. The molecule has 0 radical (unpaired) electrons. The predicted molar refractivity (Wildman–Crippen MR) is 119 cm³/mol. The lowest BCUT2D eigenvalue weighted by molar-refractivity contribution is -0.115. The number of amides is 2. The van der Waals surface area contributed by atoms with Gasteiger partial charge in [-0.25, -0.2) is 21.9 Å². The largest absolute Gasteiger partial charge is 0.343 e. The zero-order valence-electron chi connectivity index (χ0n) is 17.6. The Morgan fingerprint density at radius 3 is 2.33 bits per heavy atom. The van der Waals surface area contributed by atoms with Crippen LogP contribution in [0.3, 0.4) is 0 Å². The summed E-state index contributed by atoms with van der Waals surface area (Å²) in [5.41, 5.74) is 1.40. The zero-order chi connectivity index (χ0) is 24.0. The van der Waals surface area contributed by atoms with Gasteiger partial charge in [-0.2, -0.15) is 0 Å². The van der Waals surface area contributed by atoms with Gasteiger partial charge in [0.25, 0.3) is 5.91 Å². The van der Waals surface area contributed by atoms with Gasteiger partial charge < -0.3 is 10.6 Å². The van der Waals surface area contributed by atoms with Crippen molar-refractivity contribution in [3.63, 3.8) is 0 Å². The fourth-order valence-electron chi connectivity index (χ4n) is 2.91. The smallest absolute Gasteiger partial charge is 0.252 e. The molecule has 3 aromatic carbocycles. The monoisotopic (exact) mass is 473 g/mol. The summed E-state index contributed by atoms with van der Waals surface area (Å²) >= 11 is 0. The number of sulfonamides is 1. The molecule has 0 aromatic heterocycles. The van der Waals surface area contributed by atoms with E-state index < -0.39 is 40.0 Å².